The third-order valence-corrected chi connectivity index (χ3v) is 2.67. The van der Waals surface area contributed by atoms with E-state index in [4.69, 9.17) is 5.73 Å². The van der Waals surface area contributed by atoms with Gasteiger partial charge < -0.3 is 5.73 Å². The maximum absolute atomic E-state index is 13.1. The molecule has 4 heteroatoms. The highest BCUT2D eigenvalue weighted by Gasteiger charge is 2.11. The number of nitrogens with zero attached hydrogens (tertiary/aromatic N) is 2. The van der Waals surface area contributed by atoms with E-state index in [2.05, 4.69) is 12.0 Å². The van der Waals surface area contributed by atoms with Gasteiger partial charge in [-0.1, -0.05) is 19.1 Å². The van der Waals surface area contributed by atoms with Gasteiger partial charge in [-0.25, -0.2) is 4.39 Å². The summed E-state index contributed by atoms with van der Waals surface area (Å²) in [6.07, 6.45) is 4.68. The second-order valence-electron chi connectivity index (χ2n) is 4.07. The third-order valence-electron chi connectivity index (χ3n) is 2.67. The van der Waals surface area contributed by atoms with E-state index in [0.717, 1.165) is 24.1 Å². The van der Waals surface area contributed by atoms with Gasteiger partial charge in [-0.3, -0.25) is 4.68 Å². The largest absolute Gasteiger partial charge is 0.320 e. The van der Waals surface area contributed by atoms with E-state index in [-0.39, 0.29) is 11.9 Å². The fourth-order valence-corrected chi connectivity index (χ4v) is 1.78. The summed E-state index contributed by atoms with van der Waals surface area (Å²) in [6.45, 7) is 2.96. The van der Waals surface area contributed by atoms with Gasteiger partial charge in [0.25, 0.3) is 0 Å². The molecule has 1 aromatic carbocycles. The molecule has 1 aromatic heterocycles. The molecule has 0 aliphatic rings. The van der Waals surface area contributed by atoms with Gasteiger partial charge in [0.05, 0.1) is 12.2 Å². The Morgan fingerprint density at radius 3 is 2.94 bits per heavy atom. The van der Waals surface area contributed by atoms with E-state index in [9.17, 15) is 4.39 Å². The molecule has 0 amide bonds. The molecule has 1 unspecified atom stereocenters. The van der Waals surface area contributed by atoms with Crippen molar-refractivity contribution in [2.45, 2.75) is 25.9 Å². The SMILES string of the molecule is CCCn1cc(C(N)c2cccc(F)c2)cn1. The Kier molecular flexibility index (Phi) is 3.54. The number of hydrogen-bond acceptors (Lipinski definition) is 2. The molecule has 17 heavy (non-hydrogen) atoms. The first-order valence-electron chi connectivity index (χ1n) is 5.74. The normalized spacial score (nSPS) is 12.6. The molecule has 3 nitrogen and oxygen atoms in total. The second kappa shape index (κ2) is 5.10. The number of rotatable bonds is 4. The molecule has 2 rings (SSSR count). The van der Waals surface area contributed by atoms with Crippen LogP contribution in [0.3, 0.4) is 0 Å². The highest BCUT2D eigenvalue weighted by Crippen LogP contribution is 2.19. The number of benzene rings is 1. The van der Waals surface area contributed by atoms with Crippen LogP contribution < -0.4 is 5.73 Å². The fourth-order valence-electron chi connectivity index (χ4n) is 1.78. The molecule has 90 valence electrons. The predicted molar refractivity (Wildman–Crippen MR) is 64.9 cm³/mol. The van der Waals surface area contributed by atoms with Gasteiger partial charge in [-0.15, -0.1) is 0 Å². The lowest BCUT2D eigenvalue weighted by Crippen LogP contribution is -2.11. The van der Waals surface area contributed by atoms with Crippen LogP contribution in [0, 0.1) is 5.82 Å². The van der Waals surface area contributed by atoms with Crippen molar-refractivity contribution >= 4 is 0 Å². The smallest absolute Gasteiger partial charge is 0.123 e. The van der Waals surface area contributed by atoms with Crippen molar-refractivity contribution in [2.75, 3.05) is 0 Å². The van der Waals surface area contributed by atoms with Crippen molar-refractivity contribution in [3.05, 3.63) is 53.6 Å². The molecule has 0 saturated heterocycles. The number of aromatic nitrogens is 2. The Hall–Kier alpha value is -1.68. The van der Waals surface area contributed by atoms with Crippen LogP contribution in [0.25, 0.3) is 0 Å². The Balaban J connectivity index is 2.21. The van der Waals surface area contributed by atoms with Crippen LogP contribution >= 0.6 is 0 Å². The summed E-state index contributed by atoms with van der Waals surface area (Å²) in [6, 6.07) is 6.04. The molecule has 0 spiro atoms. The molecule has 0 aliphatic carbocycles. The fraction of sp³-hybridized carbons (Fsp3) is 0.308. The minimum Gasteiger partial charge on any atom is -0.320 e. The van der Waals surface area contributed by atoms with Crippen LogP contribution in [0.4, 0.5) is 4.39 Å². The Labute approximate surface area is 100 Å². The monoisotopic (exact) mass is 233 g/mol. The van der Waals surface area contributed by atoms with Crippen molar-refractivity contribution < 1.29 is 4.39 Å². The summed E-state index contributed by atoms with van der Waals surface area (Å²) in [5, 5.41) is 4.22. The molecular formula is C13H16FN3. The van der Waals surface area contributed by atoms with E-state index in [1.807, 2.05) is 16.9 Å². The van der Waals surface area contributed by atoms with Gasteiger partial charge in [0.2, 0.25) is 0 Å². The minimum absolute atomic E-state index is 0.265. The van der Waals surface area contributed by atoms with Gasteiger partial charge in [0.15, 0.2) is 0 Å². The molecule has 0 bridgehead atoms. The average molecular weight is 233 g/mol. The summed E-state index contributed by atoms with van der Waals surface area (Å²) in [5.74, 6) is -0.265. The van der Waals surface area contributed by atoms with E-state index in [1.54, 1.807) is 12.3 Å². The molecule has 0 radical (unpaired) electrons. The first kappa shape index (κ1) is 11.8. The minimum atomic E-state index is -0.323. The lowest BCUT2D eigenvalue weighted by Gasteiger charge is -2.09. The predicted octanol–water partition coefficient (Wildman–Crippen LogP) is 2.48. The van der Waals surface area contributed by atoms with E-state index >= 15 is 0 Å². The topological polar surface area (TPSA) is 43.8 Å². The average Bonchev–Trinajstić information content (AvgIpc) is 2.77. The lowest BCUT2D eigenvalue weighted by molar-refractivity contribution is 0.601. The van der Waals surface area contributed by atoms with Gasteiger partial charge in [-0.05, 0) is 24.1 Å². The van der Waals surface area contributed by atoms with Crippen LogP contribution in [0.1, 0.15) is 30.5 Å². The molecule has 2 aromatic rings. The second-order valence-corrected chi connectivity index (χ2v) is 4.07. The summed E-state index contributed by atoms with van der Waals surface area (Å²) < 4.78 is 14.9. The zero-order valence-electron chi connectivity index (χ0n) is 9.81. The van der Waals surface area contributed by atoms with E-state index in [1.165, 1.54) is 12.1 Å². The van der Waals surface area contributed by atoms with Crippen LogP contribution in [0.2, 0.25) is 0 Å². The van der Waals surface area contributed by atoms with Crippen LogP contribution in [-0.4, -0.2) is 9.78 Å². The number of halogens is 1. The van der Waals surface area contributed by atoms with Gasteiger partial charge in [0.1, 0.15) is 5.82 Å². The van der Waals surface area contributed by atoms with Gasteiger partial charge in [0, 0.05) is 18.3 Å². The summed E-state index contributed by atoms with van der Waals surface area (Å²) in [4.78, 5) is 0. The molecule has 2 N–H and O–H groups in total. The molecule has 1 atom stereocenters. The van der Waals surface area contributed by atoms with Crippen molar-refractivity contribution in [1.82, 2.24) is 9.78 Å². The van der Waals surface area contributed by atoms with E-state index in [0.29, 0.717) is 0 Å². The van der Waals surface area contributed by atoms with Crippen molar-refractivity contribution in [3.8, 4) is 0 Å². The number of nitrogens with two attached hydrogens (primary N) is 1. The molecule has 0 fully saturated rings. The number of hydrogen-bond donors (Lipinski definition) is 1. The lowest BCUT2D eigenvalue weighted by atomic mass is 10.0. The Morgan fingerprint density at radius 1 is 1.41 bits per heavy atom. The highest BCUT2D eigenvalue weighted by molar-refractivity contribution is 5.28. The Morgan fingerprint density at radius 2 is 2.24 bits per heavy atom. The van der Waals surface area contributed by atoms with Crippen molar-refractivity contribution in [3.63, 3.8) is 0 Å². The Bertz CT molecular complexity index is 493. The van der Waals surface area contributed by atoms with E-state index < -0.39 is 0 Å². The molecule has 0 saturated carbocycles. The third kappa shape index (κ3) is 2.71. The summed E-state index contributed by atoms with van der Waals surface area (Å²) in [7, 11) is 0. The van der Waals surface area contributed by atoms with Gasteiger partial charge in [-0.2, -0.15) is 5.10 Å². The quantitative estimate of drug-likeness (QED) is 0.881. The highest BCUT2D eigenvalue weighted by atomic mass is 19.1. The van der Waals surface area contributed by atoms with Crippen LogP contribution in [-0.2, 0) is 6.54 Å². The first-order valence-corrected chi connectivity index (χ1v) is 5.74. The maximum Gasteiger partial charge on any atom is 0.123 e. The first-order chi connectivity index (χ1) is 8.20. The summed E-state index contributed by atoms with van der Waals surface area (Å²) >= 11 is 0. The molecule has 1 heterocycles. The summed E-state index contributed by atoms with van der Waals surface area (Å²) in [5.41, 5.74) is 7.75. The number of aryl methyl sites for hydroxylation is 1. The van der Waals surface area contributed by atoms with Crippen molar-refractivity contribution in [1.29, 1.82) is 0 Å². The van der Waals surface area contributed by atoms with Crippen LogP contribution in [0.15, 0.2) is 36.7 Å². The van der Waals surface area contributed by atoms with Gasteiger partial charge >= 0.3 is 0 Å². The maximum atomic E-state index is 13.1. The van der Waals surface area contributed by atoms with Crippen molar-refractivity contribution in [2.24, 2.45) is 5.73 Å². The molecule has 0 aliphatic heterocycles. The molecular weight excluding hydrogens is 217 g/mol. The zero-order chi connectivity index (χ0) is 12.3. The zero-order valence-corrected chi connectivity index (χ0v) is 9.81. The van der Waals surface area contributed by atoms with Crippen LogP contribution in [0.5, 0.6) is 0 Å². The standard InChI is InChI=1S/C13H16FN3/c1-2-6-17-9-11(8-16-17)13(15)10-4-3-5-12(14)7-10/h3-5,7-9,13H,2,6,15H2,1H3.